The smallest absolute Gasteiger partial charge is 0.270 e. The van der Waals surface area contributed by atoms with Crippen molar-refractivity contribution in [3.8, 4) is 5.75 Å². The first-order valence-electron chi connectivity index (χ1n) is 11.0. The summed E-state index contributed by atoms with van der Waals surface area (Å²) in [5.74, 6) is -0.146. The van der Waals surface area contributed by atoms with E-state index < -0.39 is 16.1 Å². The number of non-ortho nitro benzene ring substituents is 1. The van der Waals surface area contributed by atoms with Crippen LogP contribution in [0.1, 0.15) is 24.5 Å². The van der Waals surface area contributed by atoms with Gasteiger partial charge in [0.25, 0.3) is 17.5 Å². The summed E-state index contributed by atoms with van der Waals surface area (Å²) in [7, 11) is 0. The van der Waals surface area contributed by atoms with Crippen LogP contribution in [-0.4, -0.2) is 40.5 Å². The van der Waals surface area contributed by atoms with Crippen LogP contribution in [0.4, 0.5) is 11.4 Å². The normalized spacial score (nSPS) is 24.4. The monoisotopic (exact) mass is 457 g/mol. The summed E-state index contributed by atoms with van der Waals surface area (Å²) in [6.45, 7) is 6.60. The van der Waals surface area contributed by atoms with Crippen LogP contribution in [-0.2, 0) is 15.0 Å². The molecule has 5 rings (SSSR count). The van der Waals surface area contributed by atoms with Crippen LogP contribution in [0.2, 0.25) is 0 Å². The number of anilines is 1. The second-order valence-corrected chi connectivity index (χ2v) is 8.77. The molecule has 2 aromatic rings. The molecular weight excluding hydrogens is 434 g/mol. The Labute approximate surface area is 196 Å². The van der Waals surface area contributed by atoms with E-state index in [0.717, 1.165) is 11.3 Å². The zero-order valence-electron chi connectivity index (χ0n) is 18.6. The van der Waals surface area contributed by atoms with E-state index in [1.165, 1.54) is 29.2 Å². The second kappa shape index (κ2) is 7.69. The fourth-order valence-electron chi connectivity index (χ4n) is 5.25. The molecule has 3 heterocycles. The highest BCUT2D eigenvalue weighted by Crippen LogP contribution is 2.56. The number of para-hydroxylation sites is 1. The minimum Gasteiger partial charge on any atom is -0.463 e. The number of nitrogens with zero attached hydrogens (tertiary/aromatic N) is 3. The van der Waals surface area contributed by atoms with Crippen molar-refractivity contribution in [1.82, 2.24) is 4.90 Å². The lowest BCUT2D eigenvalue weighted by molar-refractivity contribution is -0.384. The standard InChI is InChI=1S/C26H23N3O5/c1-3-13-25(2)20-6-4-5-7-21(20)28(16-15-27-23(30)10-11-24(27)31)26(25)14-12-18-17-19(29(32)33)8-9-22(18)34-26/h3-12,14,17H,1,13,15-16H2,2H3. The van der Waals surface area contributed by atoms with Gasteiger partial charge in [0.15, 0.2) is 0 Å². The van der Waals surface area contributed by atoms with Gasteiger partial charge in [0.05, 0.1) is 10.3 Å². The number of nitro groups is 1. The topological polar surface area (TPSA) is 93.0 Å². The molecule has 0 N–H and O–H groups in total. The number of benzene rings is 2. The summed E-state index contributed by atoms with van der Waals surface area (Å²) in [5.41, 5.74) is 1.05. The lowest BCUT2D eigenvalue weighted by Gasteiger charge is -2.48. The lowest BCUT2D eigenvalue weighted by atomic mass is 9.72. The van der Waals surface area contributed by atoms with Crippen molar-refractivity contribution >= 4 is 29.3 Å². The van der Waals surface area contributed by atoms with E-state index in [9.17, 15) is 19.7 Å². The average molecular weight is 457 g/mol. The van der Waals surface area contributed by atoms with E-state index >= 15 is 0 Å². The molecule has 2 aromatic carbocycles. The minimum absolute atomic E-state index is 0.0121. The Kier molecular flexibility index (Phi) is 4.89. The first kappa shape index (κ1) is 21.6. The van der Waals surface area contributed by atoms with Crippen molar-refractivity contribution in [2.45, 2.75) is 24.5 Å². The molecule has 172 valence electrons. The van der Waals surface area contributed by atoms with Gasteiger partial charge in [0.1, 0.15) is 5.75 Å². The van der Waals surface area contributed by atoms with Gasteiger partial charge in [-0.25, -0.2) is 0 Å². The van der Waals surface area contributed by atoms with Crippen molar-refractivity contribution in [2.24, 2.45) is 0 Å². The summed E-state index contributed by atoms with van der Waals surface area (Å²) < 4.78 is 6.71. The number of hydrogen-bond donors (Lipinski definition) is 0. The number of ether oxygens (including phenoxy) is 1. The van der Waals surface area contributed by atoms with Gasteiger partial charge >= 0.3 is 0 Å². The molecule has 0 aromatic heterocycles. The van der Waals surface area contributed by atoms with Crippen LogP contribution >= 0.6 is 0 Å². The van der Waals surface area contributed by atoms with E-state index in [1.54, 1.807) is 6.07 Å². The largest absolute Gasteiger partial charge is 0.463 e. The Hall–Kier alpha value is -4.20. The summed E-state index contributed by atoms with van der Waals surface area (Å²) >= 11 is 0. The zero-order chi connectivity index (χ0) is 24.1. The minimum atomic E-state index is -0.993. The van der Waals surface area contributed by atoms with Crippen LogP contribution in [0.5, 0.6) is 5.75 Å². The highest BCUT2D eigenvalue weighted by Gasteiger charge is 2.60. The van der Waals surface area contributed by atoms with Crippen LogP contribution in [0, 0.1) is 10.1 Å². The van der Waals surface area contributed by atoms with Gasteiger partial charge in [-0.15, -0.1) is 6.58 Å². The fraction of sp³-hybridized carbons (Fsp3) is 0.231. The molecule has 8 nitrogen and oxygen atoms in total. The first-order chi connectivity index (χ1) is 16.3. The maximum Gasteiger partial charge on any atom is 0.270 e. The Morgan fingerprint density at radius 2 is 1.82 bits per heavy atom. The average Bonchev–Trinajstić information content (AvgIpc) is 3.24. The van der Waals surface area contributed by atoms with Gasteiger partial charge in [-0.2, -0.15) is 0 Å². The van der Waals surface area contributed by atoms with Crippen molar-refractivity contribution in [1.29, 1.82) is 0 Å². The second-order valence-electron chi connectivity index (χ2n) is 8.77. The number of imide groups is 1. The molecule has 0 fully saturated rings. The maximum absolute atomic E-state index is 12.2. The summed E-state index contributed by atoms with van der Waals surface area (Å²) in [6, 6.07) is 12.5. The predicted molar refractivity (Wildman–Crippen MR) is 127 cm³/mol. The molecule has 2 unspecified atom stereocenters. The van der Waals surface area contributed by atoms with Crippen LogP contribution in [0.3, 0.4) is 0 Å². The zero-order valence-corrected chi connectivity index (χ0v) is 18.6. The molecule has 1 spiro atoms. The van der Waals surface area contributed by atoms with E-state index in [-0.39, 0.29) is 24.0 Å². The number of fused-ring (bicyclic) bond motifs is 2. The fourth-order valence-corrected chi connectivity index (χ4v) is 5.25. The molecule has 0 bridgehead atoms. The molecule has 2 amide bonds. The van der Waals surface area contributed by atoms with E-state index in [4.69, 9.17) is 4.74 Å². The van der Waals surface area contributed by atoms with E-state index in [0.29, 0.717) is 24.3 Å². The Morgan fingerprint density at radius 3 is 2.53 bits per heavy atom. The van der Waals surface area contributed by atoms with Gasteiger partial charge in [0, 0.05) is 48.6 Å². The Balaban J connectivity index is 1.61. The number of nitro benzene ring substituents is 1. The highest BCUT2D eigenvalue weighted by atomic mass is 16.6. The van der Waals surface area contributed by atoms with Crippen molar-refractivity contribution in [3.05, 3.63) is 94.6 Å². The third-order valence-corrected chi connectivity index (χ3v) is 6.94. The molecule has 0 saturated heterocycles. The summed E-state index contributed by atoms with van der Waals surface area (Å²) in [4.78, 5) is 38.4. The number of allylic oxidation sites excluding steroid dienone is 1. The molecule has 3 aliphatic heterocycles. The maximum atomic E-state index is 12.2. The lowest BCUT2D eigenvalue weighted by Crippen LogP contribution is -2.61. The van der Waals surface area contributed by atoms with Gasteiger partial charge in [-0.05, 0) is 43.2 Å². The number of hydrogen-bond acceptors (Lipinski definition) is 6. The molecule has 0 saturated carbocycles. The van der Waals surface area contributed by atoms with E-state index in [2.05, 4.69) is 24.5 Å². The van der Waals surface area contributed by atoms with Crippen molar-refractivity contribution in [2.75, 3.05) is 18.0 Å². The molecule has 3 aliphatic rings. The molecule has 34 heavy (non-hydrogen) atoms. The number of carbonyl (C=O) groups excluding carboxylic acids is 2. The summed E-state index contributed by atoms with van der Waals surface area (Å²) in [6.07, 6.45) is 8.77. The Morgan fingerprint density at radius 1 is 1.09 bits per heavy atom. The van der Waals surface area contributed by atoms with Crippen LogP contribution in [0.15, 0.2) is 73.3 Å². The number of amides is 2. The summed E-state index contributed by atoms with van der Waals surface area (Å²) in [5, 5.41) is 11.2. The number of rotatable bonds is 6. The first-order valence-corrected chi connectivity index (χ1v) is 11.0. The highest BCUT2D eigenvalue weighted by molar-refractivity contribution is 6.12. The SMILES string of the molecule is C=CCC1(C)c2ccccc2N(CCN2C(=O)C=CC2=O)C12C=Cc1cc([N+](=O)[O-])ccc1O2. The Bertz CT molecular complexity index is 1280. The van der Waals surface area contributed by atoms with Gasteiger partial charge < -0.3 is 9.64 Å². The van der Waals surface area contributed by atoms with Gasteiger partial charge in [-0.3, -0.25) is 24.6 Å². The van der Waals surface area contributed by atoms with Gasteiger partial charge in [-0.1, -0.05) is 24.3 Å². The number of carbonyl (C=O) groups is 2. The molecule has 0 radical (unpaired) electrons. The van der Waals surface area contributed by atoms with Crippen LogP contribution < -0.4 is 9.64 Å². The quantitative estimate of drug-likeness (QED) is 0.282. The van der Waals surface area contributed by atoms with Gasteiger partial charge in [0.2, 0.25) is 5.72 Å². The molecule has 0 aliphatic carbocycles. The van der Waals surface area contributed by atoms with Crippen molar-refractivity contribution in [3.63, 3.8) is 0 Å². The third kappa shape index (κ3) is 2.98. The molecule has 2 atom stereocenters. The van der Waals surface area contributed by atoms with Crippen LogP contribution in [0.25, 0.3) is 6.08 Å². The molecule has 8 heteroatoms. The predicted octanol–water partition coefficient (Wildman–Crippen LogP) is 3.98. The van der Waals surface area contributed by atoms with Crippen molar-refractivity contribution < 1.29 is 19.2 Å². The van der Waals surface area contributed by atoms with E-state index in [1.807, 2.05) is 36.4 Å². The molecular formula is C26H23N3O5. The third-order valence-electron chi connectivity index (χ3n) is 6.94.